The summed E-state index contributed by atoms with van der Waals surface area (Å²) in [5, 5.41) is 2.75. The zero-order valence-corrected chi connectivity index (χ0v) is 11.3. The number of hydrogen-bond donors (Lipinski definition) is 1. The Morgan fingerprint density at radius 1 is 1.31 bits per heavy atom. The van der Waals surface area contributed by atoms with Crippen molar-refractivity contribution in [2.24, 2.45) is 0 Å². The molecule has 0 spiro atoms. The van der Waals surface area contributed by atoms with Crippen LogP contribution in [-0.4, -0.2) is 38.9 Å². The lowest BCUT2D eigenvalue weighted by molar-refractivity contribution is -0.121. The Balaban J connectivity index is -0.000000616. The molecule has 0 unspecified atom stereocenters. The maximum atomic E-state index is 11.1. The summed E-state index contributed by atoms with van der Waals surface area (Å²) >= 11 is 0. The number of carbonyl (C=O) groups is 1. The molecule has 0 saturated carbocycles. The van der Waals surface area contributed by atoms with Crippen LogP contribution in [0.5, 0.6) is 0 Å². The Labute approximate surface area is 101 Å². The molecule has 16 heavy (non-hydrogen) atoms. The van der Waals surface area contributed by atoms with Crippen LogP contribution >= 0.6 is 0 Å². The lowest BCUT2D eigenvalue weighted by Crippen LogP contribution is -2.26. The van der Waals surface area contributed by atoms with Gasteiger partial charge in [-0.15, -0.1) is 0 Å². The van der Waals surface area contributed by atoms with Gasteiger partial charge in [0.25, 0.3) is 0 Å². The van der Waals surface area contributed by atoms with Crippen LogP contribution < -0.4 is 5.32 Å². The van der Waals surface area contributed by atoms with Gasteiger partial charge in [-0.1, -0.05) is 13.8 Å². The van der Waals surface area contributed by atoms with Gasteiger partial charge < -0.3 is 14.8 Å². The second-order valence-corrected chi connectivity index (χ2v) is 3.37. The summed E-state index contributed by atoms with van der Waals surface area (Å²) < 4.78 is 10.1. The van der Waals surface area contributed by atoms with E-state index < -0.39 is 0 Å². The van der Waals surface area contributed by atoms with Crippen LogP contribution in [0.2, 0.25) is 0 Å². The number of carbonyl (C=O) groups excluding carboxylic acids is 1. The van der Waals surface area contributed by atoms with E-state index in [0.29, 0.717) is 26.2 Å². The van der Waals surface area contributed by atoms with Crippen molar-refractivity contribution >= 4 is 5.91 Å². The predicted octanol–water partition coefficient (Wildman–Crippen LogP) is 2.23. The van der Waals surface area contributed by atoms with E-state index in [1.165, 1.54) is 0 Å². The van der Waals surface area contributed by atoms with E-state index in [4.69, 9.17) is 9.47 Å². The topological polar surface area (TPSA) is 47.6 Å². The van der Waals surface area contributed by atoms with Crippen LogP contribution in [0.3, 0.4) is 0 Å². The van der Waals surface area contributed by atoms with Gasteiger partial charge in [-0.05, 0) is 20.3 Å². The van der Waals surface area contributed by atoms with Gasteiger partial charge in [0, 0.05) is 28.1 Å². The second kappa shape index (κ2) is 14.4. The fourth-order valence-electron chi connectivity index (χ4n) is 0.933. The summed E-state index contributed by atoms with van der Waals surface area (Å²) in [5.41, 5.74) is 0. The minimum atomic E-state index is 0. The van der Waals surface area contributed by atoms with Gasteiger partial charge in [0.1, 0.15) is 0 Å². The largest absolute Gasteiger partial charge is 0.383 e. The van der Waals surface area contributed by atoms with Crippen molar-refractivity contribution in [3.8, 4) is 0 Å². The van der Waals surface area contributed by atoms with Crippen molar-refractivity contribution in [3.05, 3.63) is 0 Å². The highest BCUT2D eigenvalue weighted by Crippen LogP contribution is 1.94. The van der Waals surface area contributed by atoms with Gasteiger partial charge in [0.2, 0.25) is 5.91 Å². The summed E-state index contributed by atoms with van der Waals surface area (Å²) in [6, 6.07) is 0. The summed E-state index contributed by atoms with van der Waals surface area (Å²) in [7, 11) is 1.61. The molecule has 0 rings (SSSR count). The number of ether oxygens (including phenoxy) is 2. The van der Waals surface area contributed by atoms with Crippen molar-refractivity contribution < 1.29 is 15.7 Å². The van der Waals surface area contributed by atoms with Gasteiger partial charge in [-0.25, -0.2) is 0 Å². The van der Waals surface area contributed by atoms with Gasteiger partial charge in [0.15, 0.2) is 0 Å². The maximum Gasteiger partial charge on any atom is 0.220 e. The van der Waals surface area contributed by atoms with Gasteiger partial charge in [-0.3, -0.25) is 4.79 Å². The first-order chi connectivity index (χ1) is 7.66. The van der Waals surface area contributed by atoms with Crippen molar-refractivity contribution in [3.63, 3.8) is 0 Å². The van der Waals surface area contributed by atoms with Crippen LogP contribution in [-0.2, 0) is 14.3 Å². The molecule has 0 aromatic carbocycles. The fourth-order valence-corrected chi connectivity index (χ4v) is 0.933. The average molecular weight is 235 g/mol. The number of rotatable bonds is 8. The molecule has 4 nitrogen and oxygen atoms in total. The highest BCUT2D eigenvalue weighted by atomic mass is 16.5. The Hall–Kier alpha value is -0.610. The highest BCUT2D eigenvalue weighted by Gasteiger charge is 2.00. The molecule has 0 aliphatic heterocycles. The summed E-state index contributed by atoms with van der Waals surface area (Å²) in [6.45, 7) is 9.77. The second-order valence-electron chi connectivity index (χ2n) is 3.37. The molecular formula is C12H29NO3. The Bertz CT molecular complexity index is 155. The SMILES string of the molecule is CC.COCCNC(=O)CCCOC(C)C.[HH]. The smallest absolute Gasteiger partial charge is 0.220 e. The first-order valence-electron chi connectivity index (χ1n) is 6.04. The van der Waals surface area contributed by atoms with E-state index in [1.807, 2.05) is 27.7 Å². The zero-order chi connectivity index (χ0) is 12.8. The lowest BCUT2D eigenvalue weighted by Gasteiger charge is -2.07. The quantitative estimate of drug-likeness (QED) is 0.656. The van der Waals surface area contributed by atoms with Crippen molar-refractivity contribution in [1.82, 2.24) is 5.32 Å². The predicted molar refractivity (Wildman–Crippen MR) is 68.7 cm³/mol. The molecule has 100 valence electrons. The number of hydrogen-bond acceptors (Lipinski definition) is 3. The minimum absolute atomic E-state index is 0. The molecule has 0 aromatic rings. The highest BCUT2D eigenvalue weighted by molar-refractivity contribution is 5.75. The van der Waals surface area contributed by atoms with Gasteiger partial charge >= 0.3 is 0 Å². The molecule has 0 heterocycles. The van der Waals surface area contributed by atoms with Crippen LogP contribution in [0.25, 0.3) is 0 Å². The normalized spacial score (nSPS) is 9.62. The Morgan fingerprint density at radius 2 is 1.94 bits per heavy atom. The maximum absolute atomic E-state index is 11.1. The number of nitrogens with one attached hydrogen (secondary N) is 1. The van der Waals surface area contributed by atoms with E-state index in [1.54, 1.807) is 7.11 Å². The molecule has 0 bridgehead atoms. The standard InChI is InChI=1S/C10H21NO3.C2H6.H2/c1-9(2)14-7-4-5-10(12)11-6-8-13-3;1-2;/h9H,4-8H2,1-3H3,(H,11,12);1-2H3;1H. The van der Waals surface area contributed by atoms with E-state index in [-0.39, 0.29) is 13.4 Å². The Morgan fingerprint density at radius 3 is 2.44 bits per heavy atom. The molecule has 0 atom stereocenters. The van der Waals surface area contributed by atoms with E-state index >= 15 is 0 Å². The molecular weight excluding hydrogens is 206 g/mol. The number of methoxy groups -OCH3 is 1. The monoisotopic (exact) mass is 235 g/mol. The molecule has 4 heteroatoms. The lowest BCUT2D eigenvalue weighted by atomic mass is 10.3. The zero-order valence-electron chi connectivity index (χ0n) is 11.3. The third kappa shape index (κ3) is 15.8. The van der Waals surface area contributed by atoms with E-state index in [9.17, 15) is 4.79 Å². The minimum Gasteiger partial charge on any atom is -0.383 e. The fraction of sp³-hybridized carbons (Fsp3) is 0.917. The molecule has 1 amide bonds. The molecule has 0 fully saturated rings. The van der Waals surface area contributed by atoms with Gasteiger partial charge in [-0.2, -0.15) is 0 Å². The molecule has 0 aliphatic rings. The Kier molecular flexibility index (Phi) is 16.0. The molecule has 1 N–H and O–H groups in total. The average Bonchev–Trinajstić information content (AvgIpc) is 2.27. The molecule has 0 aliphatic carbocycles. The van der Waals surface area contributed by atoms with E-state index in [0.717, 1.165) is 6.42 Å². The molecule has 0 saturated heterocycles. The summed E-state index contributed by atoms with van der Waals surface area (Å²) in [6.07, 6.45) is 1.54. The van der Waals surface area contributed by atoms with Crippen molar-refractivity contribution in [2.75, 3.05) is 26.9 Å². The van der Waals surface area contributed by atoms with Crippen LogP contribution in [0.15, 0.2) is 0 Å². The van der Waals surface area contributed by atoms with Crippen LogP contribution in [0.1, 0.15) is 42.0 Å². The third-order valence-corrected chi connectivity index (χ3v) is 1.63. The first kappa shape index (κ1) is 17.8. The third-order valence-electron chi connectivity index (χ3n) is 1.63. The molecule has 0 aromatic heterocycles. The van der Waals surface area contributed by atoms with Crippen molar-refractivity contribution in [2.45, 2.75) is 46.6 Å². The summed E-state index contributed by atoms with van der Waals surface area (Å²) in [4.78, 5) is 11.1. The van der Waals surface area contributed by atoms with Crippen LogP contribution in [0.4, 0.5) is 0 Å². The molecule has 0 radical (unpaired) electrons. The van der Waals surface area contributed by atoms with E-state index in [2.05, 4.69) is 5.32 Å². The van der Waals surface area contributed by atoms with Crippen molar-refractivity contribution in [1.29, 1.82) is 0 Å². The first-order valence-corrected chi connectivity index (χ1v) is 6.04. The van der Waals surface area contributed by atoms with Gasteiger partial charge in [0.05, 0.1) is 12.7 Å². The summed E-state index contributed by atoms with van der Waals surface area (Å²) in [5.74, 6) is 0.0643. The number of amides is 1. The van der Waals surface area contributed by atoms with Crippen LogP contribution in [0, 0.1) is 0 Å².